The Morgan fingerprint density at radius 3 is 2.42 bits per heavy atom. The molecule has 0 amide bonds. The fraction of sp³-hybridized carbons (Fsp3) is 0.611. The van der Waals surface area contributed by atoms with Crippen molar-refractivity contribution in [2.45, 2.75) is 65.2 Å². The lowest BCUT2D eigenvalue weighted by Gasteiger charge is -2.14. The lowest BCUT2D eigenvalue weighted by molar-refractivity contribution is -0.439. The molecule has 1 heterocycles. The number of para-hydroxylation sites is 1. The molecular weight excluding hydrogens is 230 g/mol. The van der Waals surface area contributed by atoms with E-state index in [1.807, 2.05) is 0 Å². The molecule has 0 aliphatic carbocycles. The monoisotopic (exact) mass is 258 g/mol. The molecule has 19 heavy (non-hydrogen) atoms. The van der Waals surface area contributed by atoms with Crippen LogP contribution in [0.15, 0.2) is 24.3 Å². The Kier molecular flexibility index (Phi) is 4.44. The van der Waals surface area contributed by atoms with E-state index in [0.29, 0.717) is 0 Å². The number of benzene rings is 1. The van der Waals surface area contributed by atoms with Gasteiger partial charge in [-0.1, -0.05) is 44.4 Å². The van der Waals surface area contributed by atoms with Gasteiger partial charge in [0.2, 0.25) is 5.69 Å². The highest BCUT2D eigenvalue weighted by molar-refractivity contribution is 5.93. The van der Waals surface area contributed by atoms with Gasteiger partial charge in [-0.15, -0.1) is 0 Å². The van der Waals surface area contributed by atoms with E-state index in [2.05, 4.69) is 56.5 Å². The minimum absolute atomic E-state index is 0.194. The Hall–Kier alpha value is -1.11. The van der Waals surface area contributed by atoms with Gasteiger partial charge in [0, 0.05) is 25.0 Å². The predicted octanol–water partition coefficient (Wildman–Crippen LogP) is 5.05. The van der Waals surface area contributed by atoms with E-state index in [-0.39, 0.29) is 5.41 Å². The SMILES string of the molecule is CCCCCCC[N+]1=C(C)C(C)(C)c2ccccc21. The summed E-state index contributed by atoms with van der Waals surface area (Å²) < 4.78 is 2.54. The van der Waals surface area contributed by atoms with Crippen molar-refractivity contribution in [3.05, 3.63) is 29.8 Å². The second kappa shape index (κ2) is 5.90. The Bertz CT molecular complexity index is 468. The second-order valence-corrected chi connectivity index (χ2v) is 6.29. The molecule has 0 N–H and O–H groups in total. The molecule has 1 aromatic rings. The van der Waals surface area contributed by atoms with Crippen LogP contribution in [0.5, 0.6) is 0 Å². The van der Waals surface area contributed by atoms with Crippen LogP contribution in [-0.2, 0) is 5.41 Å². The van der Waals surface area contributed by atoms with Crippen LogP contribution in [0.4, 0.5) is 5.69 Å². The highest BCUT2D eigenvalue weighted by Gasteiger charge is 2.42. The molecule has 1 aliphatic heterocycles. The maximum absolute atomic E-state index is 2.54. The van der Waals surface area contributed by atoms with Crippen molar-refractivity contribution in [1.29, 1.82) is 0 Å². The van der Waals surface area contributed by atoms with Crippen LogP contribution in [0.25, 0.3) is 0 Å². The van der Waals surface area contributed by atoms with E-state index in [9.17, 15) is 0 Å². The molecule has 0 saturated carbocycles. The second-order valence-electron chi connectivity index (χ2n) is 6.29. The molecule has 0 atom stereocenters. The van der Waals surface area contributed by atoms with Crippen LogP contribution in [0.1, 0.15) is 65.4 Å². The minimum Gasteiger partial charge on any atom is -0.199 e. The molecule has 1 aromatic carbocycles. The van der Waals surface area contributed by atoms with Crippen LogP contribution in [-0.4, -0.2) is 16.8 Å². The third-order valence-corrected chi connectivity index (χ3v) is 4.66. The van der Waals surface area contributed by atoms with Crippen molar-refractivity contribution in [1.82, 2.24) is 0 Å². The summed E-state index contributed by atoms with van der Waals surface area (Å²) >= 11 is 0. The Morgan fingerprint density at radius 1 is 1.00 bits per heavy atom. The Labute approximate surface area is 118 Å². The largest absolute Gasteiger partial charge is 0.209 e. The number of unbranched alkanes of at least 4 members (excludes halogenated alkanes) is 4. The van der Waals surface area contributed by atoms with Crippen molar-refractivity contribution in [3.63, 3.8) is 0 Å². The predicted molar refractivity (Wildman–Crippen MR) is 83.7 cm³/mol. The maximum atomic E-state index is 2.54. The number of fused-ring (bicyclic) bond motifs is 1. The summed E-state index contributed by atoms with van der Waals surface area (Å²) in [6, 6.07) is 8.89. The molecule has 1 nitrogen and oxygen atoms in total. The van der Waals surface area contributed by atoms with Gasteiger partial charge in [0.05, 0.1) is 5.41 Å². The summed E-state index contributed by atoms with van der Waals surface area (Å²) in [6.07, 6.45) is 6.76. The highest BCUT2D eigenvalue weighted by Crippen LogP contribution is 2.39. The van der Waals surface area contributed by atoms with Crippen LogP contribution < -0.4 is 0 Å². The van der Waals surface area contributed by atoms with E-state index in [1.165, 1.54) is 55.6 Å². The van der Waals surface area contributed by atoms with Crippen molar-refractivity contribution in [2.75, 3.05) is 6.54 Å². The number of hydrogen-bond donors (Lipinski definition) is 0. The van der Waals surface area contributed by atoms with Crippen molar-refractivity contribution >= 4 is 11.4 Å². The summed E-state index contributed by atoms with van der Waals surface area (Å²) in [5.74, 6) is 0. The zero-order chi connectivity index (χ0) is 13.9. The number of nitrogens with zero attached hydrogens (tertiary/aromatic N) is 1. The summed E-state index contributed by atoms with van der Waals surface area (Å²) in [6.45, 7) is 10.4. The van der Waals surface area contributed by atoms with E-state index in [4.69, 9.17) is 0 Å². The lowest BCUT2D eigenvalue weighted by atomic mass is 9.82. The van der Waals surface area contributed by atoms with E-state index >= 15 is 0 Å². The van der Waals surface area contributed by atoms with E-state index in [1.54, 1.807) is 0 Å². The maximum Gasteiger partial charge on any atom is 0.209 e. The summed E-state index contributed by atoms with van der Waals surface area (Å²) in [4.78, 5) is 0. The third kappa shape index (κ3) is 2.75. The first-order valence-corrected chi connectivity index (χ1v) is 7.80. The molecule has 1 heteroatoms. The van der Waals surface area contributed by atoms with E-state index in [0.717, 1.165) is 0 Å². The van der Waals surface area contributed by atoms with Crippen LogP contribution >= 0.6 is 0 Å². The standard InChI is InChI=1S/C18H28N/c1-5-6-7-8-11-14-19-15(2)18(3,4)16-12-9-10-13-17(16)19/h9-10,12-13H,5-8,11,14H2,1-4H3/q+1. The summed E-state index contributed by atoms with van der Waals surface area (Å²) in [5, 5.41) is 0. The average Bonchev–Trinajstić information content (AvgIpc) is 2.60. The molecule has 0 spiro atoms. The molecule has 1 aliphatic rings. The molecular formula is C18H28N+. The van der Waals surface area contributed by atoms with Gasteiger partial charge in [0.15, 0.2) is 5.71 Å². The molecule has 0 unspecified atom stereocenters. The molecule has 0 fully saturated rings. The van der Waals surface area contributed by atoms with Crippen molar-refractivity contribution in [2.24, 2.45) is 0 Å². The third-order valence-electron chi connectivity index (χ3n) is 4.66. The smallest absolute Gasteiger partial charge is 0.199 e. The molecule has 2 rings (SSSR count). The first-order valence-electron chi connectivity index (χ1n) is 7.80. The average molecular weight is 258 g/mol. The van der Waals surface area contributed by atoms with Crippen molar-refractivity contribution in [3.8, 4) is 0 Å². The first-order chi connectivity index (χ1) is 9.09. The normalized spacial score (nSPS) is 16.8. The molecule has 104 valence electrons. The first kappa shape index (κ1) is 14.3. The topological polar surface area (TPSA) is 3.01 Å². The highest BCUT2D eigenvalue weighted by atomic mass is 15.1. The van der Waals surface area contributed by atoms with Gasteiger partial charge in [-0.2, -0.15) is 4.58 Å². The fourth-order valence-corrected chi connectivity index (χ4v) is 3.11. The Morgan fingerprint density at radius 2 is 1.68 bits per heavy atom. The fourth-order valence-electron chi connectivity index (χ4n) is 3.11. The zero-order valence-electron chi connectivity index (χ0n) is 13.0. The van der Waals surface area contributed by atoms with Gasteiger partial charge in [0.25, 0.3) is 0 Å². The molecule has 0 bridgehead atoms. The van der Waals surface area contributed by atoms with Crippen LogP contribution in [0.3, 0.4) is 0 Å². The van der Waals surface area contributed by atoms with Crippen LogP contribution in [0.2, 0.25) is 0 Å². The minimum atomic E-state index is 0.194. The van der Waals surface area contributed by atoms with Gasteiger partial charge in [-0.25, -0.2) is 0 Å². The van der Waals surface area contributed by atoms with Gasteiger partial charge < -0.3 is 0 Å². The quantitative estimate of drug-likeness (QED) is 0.496. The van der Waals surface area contributed by atoms with Gasteiger partial charge >= 0.3 is 0 Å². The summed E-state index contributed by atoms with van der Waals surface area (Å²) in [5.41, 5.74) is 4.62. The molecule has 0 radical (unpaired) electrons. The zero-order valence-corrected chi connectivity index (χ0v) is 13.0. The van der Waals surface area contributed by atoms with Crippen LogP contribution in [0, 0.1) is 0 Å². The van der Waals surface area contributed by atoms with Gasteiger partial charge in [0.1, 0.15) is 6.54 Å². The molecule has 0 saturated heterocycles. The lowest BCUT2D eigenvalue weighted by Crippen LogP contribution is -2.26. The van der Waals surface area contributed by atoms with Gasteiger partial charge in [-0.3, -0.25) is 0 Å². The Balaban J connectivity index is 2.09. The van der Waals surface area contributed by atoms with Crippen molar-refractivity contribution < 1.29 is 4.58 Å². The molecule has 0 aromatic heterocycles. The van der Waals surface area contributed by atoms with Gasteiger partial charge in [-0.05, 0) is 20.3 Å². The summed E-state index contributed by atoms with van der Waals surface area (Å²) in [7, 11) is 0. The number of rotatable bonds is 6. The number of hydrogen-bond acceptors (Lipinski definition) is 0. The van der Waals surface area contributed by atoms with E-state index < -0.39 is 0 Å².